The van der Waals surface area contributed by atoms with Crippen molar-refractivity contribution < 1.29 is 4.39 Å². The van der Waals surface area contributed by atoms with Crippen LogP contribution in [0.5, 0.6) is 0 Å². The van der Waals surface area contributed by atoms with Gasteiger partial charge >= 0.3 is 0 Å². The monoisotopic (exact) mass is 246 g/mol. The van der Waals surface area contributed by atoms with Crippen molar-refractivity contribution in [3.63, 3.8) is 0 Å². The second kappa shape index (κ2) is 4.08. The van der Waals surface area contributed by atoms with E-state index in [4.69, 9.17) is 5.73 Å². The van der Waals surface area contributed by atoms with Crippen LogP contribution in [0.15, 0.2) is 18.2 Å². The number of hydrogen-bond acceptors (Lipinski definition) is 3. The molecule has 4 nitrogen and oxygen atoms in total. The molecule has 1 aromatic heterocycles. The molecule has 0 saturated heterocycles. The standard InChI is InChI=1S/C13H15FN4/c1-8-5-6-18-11(7-8)16-17-13(18)12-9(14)3-2-4-10(12)15/h2-4,8H,5-7,15H2,1H3. The summed E-state index contributed by atoms with van der Waals surface area (Å²) in [6.07, 6.45) is 1.95. The van der Waals surface area contributed by atoms with E-state index in [9.17, 15) is 4.39 Å². The second-order valence-corrected chi connectivity index (χ2v) is 4.89. The van der Waals surface area contributed by atoms with Crippen LogP contribution in [0.25, 0.3) is 11.4 Å². The molecule has 0 spiro atoms. The van der Waals surface area contributed by atoms with Gasteiger partial charge in [0.25, 0.3) is 0 Å². The summed E-state index contributed by atoms with van der Waals surface area (Å²) in [5.41, 5.74) is 6.62. The number of rotatable bonds is 1. The largest absolute Gasteiger partial charge is 0.398 e. The molecule has 0 aliphatic carbocycles. The molecule has 2 N–H and O–H groups in total. The molecule has 0 bridgehead atoms. The fourth-order valence-corrected chi connectivity index (χ4v) is 2.45. The van der Waals surface area contributed by atoms with Gasteiger partial charge < -0.3 is 10.3 Å². The molecule has 94 valence electrons. The van der Waals surface area contributed by atoms with Gasteiger partial charge in [0.15, 0.2) is 5.82 Å². The maximum absolute atomic E-state index is 13.9. The minimum atomic E-state index is -0.344. The maximum atomic E-state index is 13.9. The van der Waals surface area contributed by atoms with E-state index in [2.05, 4.69) is 17.1 Å². The number of nitrogen functional groups attached to an aromatic ring is 1. The first-order valence-electron chi connectivity index (χ1n) is 6.13. The number of anilines is 1. The number of fused-ring (bicyclic) bond motifs is 1. The van der Waals surface area contributed by atoms with Gasteiger partial charge in [0.2, 0.25) is 0 Å². The lowest BCUT2D eigenvalue weighted by molar-refractivity contribution is 0.411. The van der Waals surface area contributed by atoms with E-state index in [1.807, 2.05) is 4.57 Å². The third-order valence-corrected chi connectivity index (χ3v) is 3.47. The first-order valence-corrected chi connectivity index (χ1v) is 6.13. The summed E-state index contributed by atoms with van der Waals surface area (Å²) < 4.78 is 15.9. The Bertz CT molecular complexity index is 570. The highest BCUT2D eigenvalue weighted by Crippen LogP contribution is 2.30. The Hall–Kier alpha value is -1.91. The molecule has 2 heterocycles. The lowest BCUT2D eigenvalue weighted by Gasteiger charge is -2.20. The number of hydrogen-bond donors (Lipinski definition) is 1. The normalized spacial score (nSPS) is 18.7. The topological polar surface area (TPSA) is 56.7 Å². The summed E-state index contributed by atoms with van der Waals surface area (Å²) in [7, 11) is 0. The van der Waals surface area contributed by atoms with Crippen LogP contribution < -0.4 is 5.73 Å². The Morgan fingerprint density at radius 2 is 2.22 bits per heavy atom. The van der Waals surface area contributed by atoms with Crippen molar-refractivity contribution >= 4 is 5.69 Å². The Labute approximate surface area is 105 Å². The molecule has 1 aliphatic rings. The van der Waals surface area contributed by atoms with Crippen molar-refractivity contribution in [2.24, 2.45) is 5.92 Å². The van der Waals surface area contributed by atoms with Crippen molar-refractivity contribution in [3.05, 3.63) is 29.8 Å². The first-order chi connectivity index (χ1) is 8.66. The smallest absolute Gasteiger partial charge is 0.169 e. The number of aromatic nitrogens is 3. The van der Waals surface area contributed by atoms with Gasteiger partial charge in [-0.1, -0.05) is 13.0 Å². The van der Waals surface area contributed by atoms with Crippen LogP contribution in [0.3, 0.4) is 0 Å². The molecule has 1 atom stereocenters. The van der Waals surface area contributed by atoms with Gasteiger partial charge in [-0.05, 0) is 24.5 Å². The third kappa shape index (κ3) is 1.66. The van der Waals surface area contributed by atoms with E-state index in [-0.39, 0.29) is 5.82 Å². The molecule has 5 heteroatoms. The number of nitrogens with zero attached hydrogens (tertiary/aromatic N) is 3. The van der Waals surface area contributed by atoms with Crippen LogP contribution in [0.2, 0.25) is 0 Å². The van der Waals surface area contributed by atoms with Crippen LogP contribution >= 0.6 is 0 Å². The molecule has 2 aromatic rings. The summed E-state index contributed by atoms with van der Waals surface area (Å²) >= 11 is 0. The van der Waals surface area contributed by atoms with Gasteiger partial charge in [-0.15, -0.1) is 10.2 Å². The van der Waals surface area contributed by atoms with Crippen LogP contribution in [-0.4, -0.2) is 14.8 Å². The Morgan fingerprint density at radius 1 is 1.39 bits per heavy atom. The van der Waals surface area contributed by atoms with Crippen LogP contribution in [0.1, 0.15) is 19.2 Å². The summed E-state index contributed by atoms with van der Waals surface area (Å²) in [5, 5.41) is 8.27. The van der Waals surface area contributed by atoms with Crippen molar-refractivity contribution in [1.29, 1.82) is 0 Å². The molecule has 1 aromatic carbocycles. The first kappa shape index (κ1) is 11.2. The predicted octanol–water partition coefficient (Wildman–Crippen LogP) is 2.25. The molecule has 0 amide bonds. The van der Waals surface area contributed by atoms with E-state index in [0.29, 0.717) is 23.0 Å². The van der Waals surface area contributed by atoms with Gasteiger partial charge in [-0.2, -0.15) is 0 Å². The summed E-state index contributed by atoms with van der Waals surface area (Å²) in [4.78, 5) is 0. The average molecular weight is 246 g/mol. The van der Waals surface area contributed by atoms with Crippen molar-refractivity contribution in [1.82, 2.24) is 14.8 Å². The Kier molecular flexibility index (Phi) is 2.54. The molecule has 0 fully saturated rings. The van der Waals surface area contributed by atoms with E-state index >= 15 is 0 Å². The average Bonchev–Trinajstić information content (AvgIpc) is 2.72. The molecular formula is C13H15FN4. The maximum Gasteiger partial charge on any atom is 0.169 e. The summed E-state index contributed by atoms with van der Waals surface area (Å²) in [6, 6.07) is 4.69. The molecule has 0 saturated carbocycles. The van der Waals surface area contributed by atoms with Crippen LogP contribution in [0.4, 0.5) is 10.1 Å². The van der Waals surface area contributed by atoms with E-state index < -0.39 is 0 Å². The van der Waals surface area contributed by atoms with Gasteiger partial charge in [-0.25, -0.2) is 4.39 Å². The number of halogens is 1. The minimum absolute atomic E-state index is 0.344. The van der Waals surface area contributed by atoms with E-state index in [1.165, 1.54) is 6.07 Å². The van der Waals surface area contributed by atoms with Gasteiger partial charge in [0.1, 0.15) is 11.6 Å². The fraction of sp³-hybridized carbons (Fsp3) is 0.385. The summed E-state index contributed by atoms with van der Waals surface area (Å²) in [6.45, 7) is 3.02. The van der Waals surface area contributed by atoms with E-state index in [1.54, 1.807) is 12.1 Å². The van der Waals surface area contributed by atoms with Crippen LogP contribution in [-0.2, 0) is 13.0 Å². The summed E-state index contributed by atoms with van der Waals surface area (Å²) in [5.74, 6) is 1.73. The van der Waals surface area contributed by atoms with Gasteiger partial charge in [0.05, 0.1) is 5.56 Å². The fourth-order valence-electron chi connectivity index (χ4n) is 2.45. The minimum Gasteiger partial charge on any atom is -0.398 e. The number of nitrogens with two attached hydrogens (primary N) is 1. The van der Waals surface area contributed by atoms with Gasteiger partial charge in [0, 0.05) is 18.7 Å². The van der Waals surface area contributed by atoms with Gasteiger partial charge in [-0.3, -0.25) is 0 Å². The zero-order chi connectivity index (χ0) is 12.7. The lowest BCUT2D eigenvalue weighted by Crippen LogP contribution is -2.18. The predicted molar refractivity (Wildman–Crippen MR) is 67.3 cm³/mol. The highest BCUT2D eigenvalue weighted by Gasteiger charge is 2.23. The zero-order valence-corrected chi connectivity index (χ0v) is 10.2. The lowest BCUT2D eigenvalue weighted by atomic mass is 10.00. The Morgan fingerprint density at radius 3 is 3.00 bits per heavy atom. The molecule has 1 aliphatic heterocycles. The zero-order valence-electron chi connectivity index (χ0n) is 10.2. The molecule has 3 rings (SSSR count). The quantitative estimate of drug-likeness (QED) is 0.785. The number of benzene rings is 1. The highest BCUT2D eigenvalue weighted by atomic mass is 19.1. The van der Waals surface area contributed by atoms with Crippen molar-refractivity contribution in [3.8, 4) is 11.4 Å². The molecule has 0 radical (unpaired) electrons. The van der Waals surface area contributed by atoms with Crippen LogP contribution in [0, 0.1) is 11.7 Å². The van der Waals surface area contributed by atoms with Crippen molar-refractivity contribution in [2.75, 3.05) is 5.73 Å². The second-order valence-electron chi connectivity index (χ2n) is 4.89. The molecule has 1 unspecified atom stereocenters. The highest BCUT2D eigenvalue weighted by molar-refractivity contribution is 5.72. The molecule has 18 heavy (non-hydrogen) atoms. The third-order valence-electron chi connectivity index (χ3n) is 3.47. The molecular weight excluding hydrogens is 231 g/mol. The van der Waals surface area contributed by atoms with E-state index in [0.717, 1.165) is 25.2 Å². The SMILES string of the molecule is CC1CCn2c(nnc2-c2c(N)cccc2F)C1. The Balaban J connectivity index is 2.14. The van der Waals surface area contributed by atoms with Crippen molar-refractivity contribution in [2.45, 2.75) is 26.3 Å².